The Labute approximate surface area is 112 Å². The Morgan fingerprint density at radius 1 is 1.47 bits per heavy atom. The molecule has 0 saturated heterocycles. The first-order valence-corrected chi connectivity index (χ1v) is 6.67. The van der Waals surface area contributed by atoms with Crippen molar-refractivity contribution < 1.29 is 9.53 Å². The number of fused-ring (bicyclic) bond motifs is 1. The minimum atomic E-state index is -0.249. The quantitative estimate of drug-likeness (QED) is 0.825. The van der Waals surface area contributed by atoms with Crippen molar-refractivity contribution >= 4 is 16.7 Å². The van der Waals surface area contributed by atoms with Crippen LogP contribution in [0.3, 0.4) is 0 Å². The zero-order valence-corrected chi connectivity index (χ0v) is 11.3. The van der Waals surface area contributed by atoms with E-state index in [2.05, 4.69) is 5.10 Å². The lowest BCUT2D eigenvalue weighted by Gasteiger charge is -2.12. The van der Waals surface area contributed by atoms with Crippen LogP contribution in [0.1, 0.15) is 18.5 Å². The highest BCUT2D eigenvalue weighted by atomic mass is 16.5. The van der Waals surface area contributed by atoms with Crippen LogP contribution in [0.25, 0.3) is 10.9 Å². The van der Waals surface area contributed by atoms with Gasteiger partial charge in [-0.15, -0.1) is 0 Å². The average Bonchev–Trinajstić information content (AvgIpc) is 3.18. The lowest BCUT2D eigenvalue weighted by atomic mass is 10.0. The van der Waals surface area contributed by atoms with E-state index >= 15 is 0 Å². The molecule has 0 N–H and O–H groups in total. The molecule has 1 atom stereocenters. The van der Waals surface area contributed by atoms with Gasteiger partial charge in [0.25, 0.3) is 0 Å². The molecule has 1 heterocycles. The summed E-state index contributed by atoms with van der Waals surface area (Å²) in [6, 6.07) is 8.00. The molecular weight excluding hydrogens is 240 g/mol. The molecule has 1 aromatic heterocycles. The van der Waals surface area contributed by atoms with Crippen molar-refractivity contribution in [2.75, 3.05) is 7.11 Å². The lowest BCUT2D eigenvalue weighted by molar-refractivity contribution is -0.129. The largest absolute Gasteiger partial charge is 0.373 e. The zero-order valence-electron chi connectivity index (χ0n) is 11.3. The molecule has 1 aliphatic carbocycles. The molecule has 0 aliphatic heterocycles. The Morgan fingerprint density at radius 2 is 2.21 bits per heavy atom. The van der Waals surface area contributed by atoms with Crippen LogP contribution < -0.4 is 0 Å². The fraction of sp³-hybridized carbons (Fsp3) is 0.467. The van der Waals surface area contributed by atoms with Crippen LogP contribution in [-0.2, 0) is 23.0 Å². The van der Waals surface area contributed by atoms with E-state index in [0.29, 0.717) is 12.3 Å². The third-order valence-electron chi connectivity index (χ3n) is 3.80. The Bertz CT molecular complexity index is 614. The number of aromatic nitrogens is 2. The predicted molar refractivity (Wildman–Crippen MR) is 72.9 cm³/mol. The maximum Gasteiger partial charge on any atom is 0.167 e. The number of carbonyl (C=O) groups is 1. The van der Waals surface area contributed by atoms with E-state index in [1.807, 2.05) is 36.0 Å². The van der Waals surface area contributed by atoms with Gasteiger partial charge in [0.05, 0.1) is 17.6 Å². The number of benzene rings is 1. The number of nitrogens with zero attached hydrogens (tertiary/aromatic N) is 2. The maximum atomic E-state index is 12.3. The number of Topliss-reactive ketones (excluding diaryl/α,β-unsaturated/α-hetero) is 1. The third-order valence-corrected chi connectivity index (χ3v) is 3.80. The number of hydrogen-bond acceptors (Lipinski definition) is 3. The molecule has 4 heteroatoms. The highest BCUT2D eigenvalue weighted by Crippen LogP contribution is 2.35. The molecule has 0 radical (unpaired) electrons. The molecule has 100 valence electrons. The Morgan fingerprint density at radius 3 is 2.89 bits per heavy atom. The van der Waals surface area contributed by atoms with Gasteiger partial charge in [0.15, 0.2) is 5.78 Å². The summed E-state index contributed by atoms with van der Waals surface area (Å²) >= 11 is 0. The molecule has 0 amide bonds. The number of methoxy groups -OCH3 is 1. The van der Waals surface area contributed by atoms with Crippen LogP contribution in [0.15, 0.2) is 24.3 Å². The van der Waals surface area contributed by atoms with Gasteiger partial charge in [-0.3, -0.25) is 9.48 Å². The number of rotatable bonds is 5. The van der Waals surface area contributed by atoms with E-state index in [9.17, 15) is 4.79 Å². The predicted octanol–water partition coefficient (Wildman–Crippen LogP) is 2.11. The normalized spacial score (nSPS) is 16.7. The van der Waals surface area contributed by atoms with Crippen molar-refractivity contribution in [3.8, 4) is 0 Å². The van der Waals surface area contributed by atoms with E-state index in [-0.39, 0.29) is 11.9 Å². The van der Waals surface area contributed by atoms with Gasteiger partial charge in [-0.1, -0.05) is 18.2 Å². The van der Waals surface area contributed by atoms with Gasteiger partial charge in [-0.2, -0.15) is 5.10 Å². The smallest absolute Gasteiger partial charge is 0.167 e. The third kappa shape index (κ3) is 2.28. The molecule has 3 rings (SSSR count). The zero-order chi connectivity index (χ0) is 13.4. The molecule has 1 saturated carbocycles. The lowest BCUT2D eigenvalue weighted by Crippen LogP contribution is -2.27. The van der Waals surface area contributed by atoms with Crippen LogP contribution in [0, 0.1) is 5.92 Å². The SMILES string of the molecule is COC(C(=O)Cc1nn(C)c2ccccc12)C1CC1. The second-order valence-electron chi connectivity index (χ2n) is 5.22. The van der Waals surface area contributed by atoms with E-state index in [0.717, 1.165) is 29.4 Å². The Kier molecular flexibility index (Phi) is 3.11. The molecule has 0 bridgehead atoms. The highest BCUT2D eigenvalue weighted by molar-refractivity contribution is 5.91. The Hall–Kier alpha value is -1.68. The van der Waals surface area contributed by atoms with E-state index in [1.54, 1.807) is 7.11 Å². The van der Waals surface area contributed by atoms with Crippen LogP contribution in [0.2, 0.25) is 0 Å². The van der Waals surface area contributed by atoms with E-state index < -0.39 is 0 Å². The Balaban J connectivity index is 1.86. The molecule has 2 aromatic rings. The number of ether oxygens (including phenoxy) is 1. The van der Waals surface area contributed by atoms with Gasteiger partial charge in [-0.25, -0.2) is 0 Å². The van der Waals surface area contributed by atoms with Gasteiger partial charge in [0.2, 0.25) is 0 Å². The first-order valence-electron chi connectivity index (χ1n) is 6.67. The van der Waals surface area contributed by atoms with Gasteiger partial charge in [0.1, 0.15) is 6.10 Å². The van der Waals surface area contributed by atoms with Gasteiger partial charge < -0.3 is 4.74 Å². The summed E-state index contributed by atoms with van der Waals surface area (Å²) in [7, 11) is 3.53. The first-order chi connectivity index (χ1) is 9.20. The van der Waals surface area contributed by atoms with E-state index in [1.165, 1.54) is 0 Å². The number of hydrogen-bond donors (Lipinski definition) is 0. The summed E-state index contributed by atoms with van der Waals surface area (Å²) in [5.74, 6) is 0.571. The van der Waals surface area contributed by atoms with Crippen molar-refractivity contribution in [3.63, 3.8) is 0 Å². The fourth-order valence-electron chi connectivity index (χ4n) is 2.67. The molecular formula is C15H18N2O2. The average molecular weight is 258 g/mol. The second kappa shape index (κ2) is 4.78. The second-order valence-corrected chi connectivity index (χ2v) is 5.22. The number of carbonyl (C=O) groups excluding carboxylic acids is 1. The van der Waals surface area contributed by atoms with Crippen LogP contribution in [0.5, 0.6) is 0 Å². The topological polar surface area (TPSA) is 44.1 Å². The minimum absolute atomic E-state index is 0.147. The van der Waals surface area contributed by atoms with Crippen LogP contribution >= 0.6 is 0 Å². The number of para-hydroxylation sites is 1. The minimum Gasteiger partial charge on any atom is -0.373 e. The summed E-state index contributed by atoms with van der Waals surface area (Å²) in [6.07, 6.45) is 2.32. The summed E-state index contributed by atoms with van der Waals surface area (Å²) in [5.41, 5.74) is 1.91. The van der Waals surface area contributed by atoms with Gasteiger partial charge >= 0.3 is 0 Å². The summed E-state index contributed by atoms with van der Waals surface area (Å²) in [5, 5.41) is 5.53. The van der Waals surface area contributed by atoms with Crippen molar-refractivity contribution in [2.45, 2.75) is 25.4 Å². The van der Waals surface area contributed by atoms with Gasteiger partial charge in [-0.05, 0) is 24.8 Å². The van der Waals surface area contributed by atoms with Crippen molar-refractivity contribution in [2.24, 2.45) is 13.0 Å². The summed E-state index contributed by atoms with van der Waals surface area (Å²) in [4.78, 5) is 12.3. The van der Waals surface area contributed by atoms with Crippen LogP contribution in [-0.4, -0.2) is 28.8 Å². The summed E-state index contributed by atoms with van der Waals surface area (Å²) in [6.45, 7) is 0. The number of aryl methyl sites for hydroxylation is 1. The molecule has 0 spiro atoms. The van der Waals surface area contributed by atoms with Crippen molar-refractivity contribution in [1.29, 1.82) is 0 Å². The monoisotopic (exact) mass is 258 g/mol. The fourth-order valence-corrected chi connectivity index (χ4v) is 2.67. The van der Waals surface area contributed by atoms with Gasteiger partial charge in [0, 0.05) is 19.5 Å². The highest BCUT2D eigenvalue weighted by Gasteiger charge is 2.36. The molecule has 4 nitrogen and oxygen atoms in total. The first kappa shape index (κ1) is 12.4. The number of ketones is 1. The summed E-state index contributed by atoms with van der Waals surface area (Å²) < 4.78 is 7.17. The van der Waals surface area contributed by atoms with E-state index in [4.69, 9.17) is 4.74 Å². The molecule has 1 aromatic carbocycles. The molecule has 1 unspecified atom stereocenters. The molecule has 1 fully saturated rings. The molecule has 1 aliphatic rings. The molecule has 19 heavy (non-hydrogen) atoms. The maximum absolute atomic E-state index is 12.3. The van der Waals surface area contributed by atoms with Crippen molar-refractivity contribution in [1.82, 2.24) is 9.78 Å². The van der Waals surface area contributed by atoms with Crippen molar-refractivity contribution in [3.05, 3.63) is 30.0 Å². The van der Waals surface area contributed by atoms with Crippen LogP contribution in [0.4, 0.5) is 0 Å². The standard InChI is InChI=1S/C15H18N2O2/c1-17-13-6-4-3-5-11(13)12(16-17)9-14(18)15(19-2)10-7-8-10/h3-6,10,15H,7-9H2,1-2H3.